The van der Waals surface area contributed by atoms with E-state index in [4.69, 9.17) is 18.1 Å². The summed E-state index contributed by atoms with van der Waals surface area (Å²) < 4.78 is 30.5. The first-order valence-corrected chi connectivity index (χ1v) is 36.3. The van der Waals surface area contributed by atoms with E-state index in [0.29, 0.717) is 81.5 Å². The van der Waals surface area contributed by atoms with E-state index in [1.807, 2.05) is 201 Å². The number of amides is 4. The van der Waals surface area contributed by atoms with Gasteiger partial charge in [-0.2, -0.15) is 0 Å². The average molecular weight is 1310 g/mol. The highest BCUT2D eigenvalue weighted by atomic mass is 31.2. The fourth-order valence-corrected chi connectivity index (χ4v) is 20.2. The van der Waals surface area contributed by atoms with Gasteiger partial charge in [0, 0.05) is 44.5 Å². The van der Waals surface area contributed by atoms with Crippen LogP contribution in [0, 0.1) is 55.4 Å². The van der Waals surface area contributed by atoms with Gasteiger partial charge in [0.05, 0.1) is 58.9 Å². The van der Waals surface area contributed by atoms with Crippen molar-refractivity contribution in [3.63, 3.8) is 0 Å². The van der Waals surface area contributed by atoms with Crippen LogP contribution in [0.15, 0.2) is 194 Å². The van der Waals surface area contributed by atoms with Gasteiger partial charge in [-0.1, -0.05) is 179 Å². The number of piperazine rings is 2. The van der Waals surface area contributed by atoms with Crippen LogP contribution >= 0.6 is 16.8 Å². The Morgan fingerprint density at radius 2 is 0.490 bits per heavy atom. The van der Waals surface area contributed by atoms with Crippen LogP contribution in [-0.2, 0) is 0 Å². The summed E-state index contributed by atoms with van der Waals surface area (Å²) in [4.78, 5) is 73.0. The van der Waals surface area contributed by atoms with Crippen molar-refractivity contribution in [1.82, 2.24) is 19.6 Å². The Kier molecular flexibility index (Phi) is 16.9. The molecule has 0 bridgehead atoms. The third-order valence-corrected chi connectivity index (χ3v) is 23.6. The second kappa shape index (κ2) is 25.8. The molecule has 9 aromatic rings. The van der Waals surface area contributed by atoms with Crippen molar-refractivity contribution in [2.45, 2.75) is 155 Å². The number of rotatable bonds is 6. The predicted octanol–water partition coefficient (Wildman–Crippen LogP) is 17.8. The first kappa shape index (κ1) is 63.0. The van der Waals surface area contributed by atoms with Gasteiger partial charge >= 0.3 is 16.8 Å². The Labute approximate surface area is 566 Å². The summed E-state index contributed by atoms with van der Waals surface area (Å²) in [6.07, 6.45) is 6.45. The maximum atomic E-state index is 16.1. The zero-order chi connectivity index (χ0) is 66.2. The van der Waals surface area contributed by atoms with Crippen molar-refractivity contribution in [1.29, 1.82) is 0 Å². The molecule has 14 heteroatoms. The predicted molar refractivity (Wildman–Crippen MR) is 379 cm³/mol. The number of fused-ring (bicyclic) bond motifs is 12. The zero-order valence-corrected chi connectivity index (χ0v) is 57.5. The molecule has 4 heterocycles. The van der Waals surface area contributed by atoms with E-state index in [0.717, 1.165) is 92.4 Å². The van der Waals surface area contributed by atoms with Gasteiger partial charge in [0.25, 0.3) is 23.6 Å². The Bertz CT molecular complexity index is 3940. The molecule has 6 aliphatic rings. The smallest absolute Gasteiger partial charge is 0.327 e. The number of hydrogen-bond donors (Lipinski definition) is 0. The number of hydrogen-bond acceptors (Lipinski definition) is 8. The van der Waals surface area contributed by atoms with Gasteiger partial charge in [0.15, 0.2) is 0 Å². The van der Waals surface area contributed by atoms with Crippen molar-refractivity contribution in [2.24, 2.45) is 0 Å². The van der Waals surface area contributed by atoms with E-state index in [1.54, 1.807) is 0 Å². The van der Waals surface area contributed by atoms with Crippen LogP contribution in [0.3, 0.4) is 0 Å². The van der Waals surface area contributed by atoms with Gasteiger partial charge in [0.2, 0.25) is 0 Å². The monoisotopic (exact) mass is 1310 g/mol. The zero-order valence-electron chi connectivity index (χ0n) is 55.7. The van der Waals surface area contributed by atoms with Gasteiger partial charge in [-0.05, 0) is 166 Å². The summed E-state index contributed by atoms with van der Waals surface area (Å²) in [6.45, 7) is 16.3. The maximum Gasteiger partial charge on any atom is 0.327 e. The molecule has 2 saturated carbocycles. The van der Waals surface area contributed by atoms with Crippen LogP contribution in [0.2, 0.25) is 0 Å². The first-order chi connectivity index (χ1) is 46.5. The number of carbonyl (C=O) groups is 4. The largest absolute Gasteiger partial charge is 0.435 e. The number of aryl methyl sites for hydroxylation is 8. The lowest BCUT2D eigenvalue weighted by molar-refractivity contribution is -0.0531. The van der Waals surface area contributed by atoms with Crippen LogP contribution in [0.5, 0.6) is 23.0 Å². The van der Waals surface area contributed by atoms with E-state index in [-0.39, 0.29) is 47.8 Å². The number of carbonyl (C=O) groups excluding carboxylic acids is 4. The van der Waals surface area contributed by atoms with Gasteiger partial charge in [-0.3, -0.25) is 19.2 Å². The molecule has 9 aromatic carbocycles. The van der Waals surface area contributed by atoms with Gasteiger partial charge in [0.1, 0.15) is 23.0 Å². The van der Waals surface area contributed by atoms with E-state index >= 15 is 19.2 Å². The van der Waals surface area contributed by atoms with Crippen molar-refractivity contribution >= 4 is 51.0 Å². The molecule has 4 aliphatic heterocycles. The minimum atomic E-state index is -2.19. The third kappa shape index (κ3) is 11.5. The minimum Gasteiger partial charge on any atom is -0.435 e. The fraction of sp³-hybridized carbons (Fsp3) is 0.293. The molecule has 2 saturated heterocycles. The molecule has 4 fully saturated rings. The normalized spacial score (nSPS) is 22.2. The first-order valence-electron chi connectivity index (χ1n) is 34.0. The molecule has 0 spiro atoms. The van der Waals surface area contributed by atoms with Gasteiger partial charge in [-0.25, -0.2) is 0 Å². The number of para-hydroxylation sites is 4. The summed E-state index contributed by atoms with van der Waals surface area (Å²) in [5.41, 5.74) is 13.3. The Morgan fingerprint density at radius 3 is 0.708 bits per heavy atom. The molecular weight excluding hydrogens is 1230 g/mol. The highest BCUT2D eigenvalue weighted by Crippen LogP contribution is 2.60. The highest BCUT2D eigenvalue weighted by molar-refractivity contribution is 7.63. The molecule has 0 N–H and O–H groups in total. The summed E-state index contributed by atoms with van der Waals surface area (Å²) in [5, 5.41) is 1.37. The van der Waals surface area contributed by atoms with Crippen LogP contribution in [-0.4, -0.2) is 67.4 Å². The van der Waals surface area contributed by atoms with Crippen LogP contribution in [0.4, 0.5) is 0 Å². The summed E-state index contributed by atoms with van der Waals surface area (Å²) in [6, 6.07) is 59.9. The van der Waals surface area contributed by atoms with Crippen molar-refractivity contribution < 1.29 is 37.3 Å². The molecule has 15 rings (SSSR count). The number of nitrogens with zero attached hydrogens (tertiary/aromatic N) is 4. The second-order valence-corrected chi connectivity index (χ2v) is 30.2. The molecule has 2 aliphatic carbocycles. The van der Waals surface area contributed by atoms with Crippen LogP contribution in [0.1, 0.15) is 184 Å². The van der Waals surface area contributed by atoms with Crippen molar-refractivity contribution in [3.8, 4) is 23.0 Å². The summed E-state index contributed by atoms with van der Waals surface area (Å²) >= 11 is 0. The molecule has 12 nitrogen and oxygen atoms in total. The second-order valence-electron chi connectivity index (χ2n) is 27.5. The Balaban J connectivity index is 0.913. The SMILES string of the molecule is Cc1cc(C)cc(C(=O)N2[C@@H]3c4ccccc4OP(c4ccccc4P4Oc5ccccc5[C@@H]5[C@@H](c6ccccc6O4)N(C(=O)c4cc(C)cc(C)c4)[C@H]4CCCC[C@@H]4N5C(=O)c4cc(C)cc(C)c4)Oc4ccccc4[C@H]3N(C(=O)c3cc(C)cc(C)c3)[C@H]3CCCC[C@@H]32)c1. The molecule has 486 valence electrons. The quantitative estimate of drug-likeness (QED) is 0.151. The van der Waals surface area contributed by atoms with E-state index in [9.17, 15) is 0 Å². The van der Waals surface area contributed by atoms with Gasteiger partial charge < -0.3 is 37.7 Å². The molecule has 0 aromatic heterocycles. The molecule has 0 unspecified atom stereocenters. The third-order valence-electron chi connectivity index (χ3n) is 20.4. The molecule has 96 heavy (non-hydrogen) atoms. The molecular formula is C82H80N4O8P2. The maximum absolute atomic E-state index is 16.1. The standard InChI is InChI=1S/C82H80N4O8P2/c1-49-37-50(2)42-57(41-49)79(87)83-65-27-13-14-28-66(65)84(80(88)58-43-51(3)38-52(4)44-58)76-62-24-10-18-32-70(62)92-95(91-69-31-17-9-23-61(69)75(76)83)73-35-21-22-36-74(73)96-93-71-33-19-11-25-63(71)77-78(64-26-12-20-34-72(64)94-96)86(82(90)60-47-55(7)40-56(8)48-60)68-30-16-15-29-67(68)85(77)81(89)59-45-53(5)39-54(6)46-59/h9-12,17-26,31-48,65-68,75-78H,13-16,27-30H2,1-8H3/t65-,66-,67-,68-,75+,76+,77+,78+/m0/s1. The summed E-state index contributed by atoms with van der Waals surface area (Å²) in [7, 11) is -4.37. The molecule has 8 atom stereocenters. The summed E-state index contributed by atoms with van der Waals surface area (Å²) in [5.74, 6) is 1.66. The van der Waals surface area contributed by atoms with Crippen LogP contribution in [0.25, 0.3) is 0 Å². The van der Waals surface area contributed by atoms with Crippen molar-refractivity contribution in [3.05, 3.63) is 283 Å². The van der Waals surface area contributed by atoms with E-state index < -0.39 is 40.9 Å². The lowest BCUT2D eigenvalue weighted by atomic mass is 9.77. The molecule has 4 amide bonds. The Hall–Kier alpha value is -9.08. The van der Waals surface area contributed by atoms with E-state index in [1.165, 1.54) is 0 Å². The van der Waals surface area contributed by atoms with E-state index in [2.05, 4.69) is 68.1 Å². The highest BCUT2D eigenvalue weighted by Gasteiger charge is 2.57. The van der Waals surface area contributed by atoms with Crippen LogP contribution < -0.4 is 28.7 Å². The van der Waals surface area contributed by atoms with Gasteiger partial charge in [-0.15, -0.1) is 0 Å². The molecule has 0 radical (unpaired) electrons. The topological polar surface area (TPSA) is 118 Å². The lowest BCUT2D eigenvalue weighted by Gasteiger charge is -2.58. The number of benzene rings is 9. The fourth-order valence-electron chi connectivity index (χ4n) is 16.9. The average Bonchev–Trinajstić information content (AvgIpc) is 1.11. The van der Waals surface area contributed by atoms with Crippen molar-refractivity contribution in [2.75, 3.05) is 0 Å². The lowest BCUT2D eigenvalue weighted by Crippen LogP contribution is -2.65. The Morgan fingerprint density at radius 1 is 0.292 bits per heavy atom. The minimum absolute atomic E-state index is 0.0979.